The van der Waals surface area contributed by atoms with E-state index in [1.807, 2.05) is 47.9 Å². The SMILES string of the molecule is O=C(O)c1c(C2=CC=CSN2)ccc2c1Cc1ccccc1O2. The van der Waals surface area contributed by atoms with Gasteiger partial charge in [0.15, 0.2) is 0 Å². The highest BCUT2D eigenvalue weighted by atomic mass is 32.2. The quantitative estimate of drug-likeness (QED) is 0.693. The van der Waals surface area contributed by atoms with Crippen LogP contribution < -0.4 is 9.46 Å². The molecule has 0 radical (unpaired) electrons. The molecular weight excluding hydrogens is 310 g/mol. The van der Waals surface area contributed by atoms with Crippen LogP contribution in [-0.4, -0.2) is 11.1 Å². The molecule has 0 bridgehead atoms. The van der Waals surface area contributed by atoms with Gasteiger partial charge in [0.1, 0.15) is 11.5 Å². The van der Waals surface area contributed by atoms with Gasteiger partial charge in [-0.2, -0.15) is 0 Å². The lowest BCUT2D eigenvalue weighted by atomic mass is 9.91. The summed E-state index contributed by atoms with van der Waals surface area (Å²) >= 11 is 1.42. The van der Waals surface area contributed by atoms with Gasteiger partial charge in [-0.15, -0.1) is 0 Å². The Balaban J connectivity index is 1.88. The van der Waals surface area contributed by atoms with E-state index in [1.165, 1.54) is 11.9 Å². The monoisotopic (exact) mass is 323 g/mol. The number of benzene rings is 2. The summed E-state index contributed by atoms with van der Waals surface area (Å²) in [6.45, 7) is 0. The Morgan fingerprint density at radius 1 is 1.17 bits per heavy atom. The number of carboxylic acids is 1. The molecule has 0 saturated heterocycles. The minimum atomic E-state index is -0.943. The highest BCUT2D eigenvalue weighted by Crippen LogP contribution is 2.40. The van der Waals surface area contributed by atoms with Crippen LogP contribution in [0.4, 0.5) is 0 Å². The van der Waals surface area contributed by atoms with Gasteiger partial charge in [-0.25, -0.2) is 4.79 Å². The molecule has 114 valence electrons. The lowest BCUT2D eigenvalue weighted by molar-refractivity contribution is 0.0695. The molecular formula is C18H13NO3S. The largest absolute Gasteiger partial charge is 0.478 e. The fraction of sp³-hybridized carbons (Fsp3) is 0.0556. The van der Waals surface area contributed by atoms with E-state index in [9.17, 15) is 9.90 Å². The van der Waals surface area contributed by atoms with Gasteiger partial charge in [0.05, 0.1) is 11.3 Å². The number of hydrogen-bond acceptors (Lipinski definition) is 4. The molecule has 2 aromatic rings. The van der Waals surface area contributed by atoms with E-state index in [2.05, 4.69) is 4.72 Å². The molecule has 2 aliphatic rings. The Morgan fingerprint density at radius 3 is 2.83 bits per heavy atom. The van der Waals surface area contributed by atoms with Gasteiger partial charge in [0.25, 0.3) is 0 Å². The van der Waals surface area contributed by atoms with Crippen molar-refractivity contribution < 1.29 is 14.6 Å². The number of nitrogens with one attached hydrogen (secondary N) is 1. The van der Waals surface area contributed by atoms with Crippen molar-refractivity contribution in [2.45, 2.75) is 6.42 Å². The number of carbonyl (C=O) groups is 1. The lowest BCUT2D eigenvalue weighted by Gasteiger charge is -2.24. The van der Waals surface area contributed by atoms with E-state index in [-0.39, 0.29) is 0 Å². The summed E-state index contributed by atoms with van der Waals surface area (Å²) in [6, 6.07) is 11.4. The molecule has 0 unspecified atom stereocenters. The summed E-state index contributed by atoms with van der Waals surface area (Å²) in [5.41, 5.74) is 3.48. The maximum absolute atomic E-state index is 11.9. The van der Waals surface area contributed by atoms with Crippen LogP contribution in [0.3, 0.4) is 0 Å². The molecule has 2 heterocycles. The van der Waals surface area contributed by atoms with Crippen molar-refractivity contribution >= 4 is 23.6 Å². The van der Waals surface area contributed by atoms with E-state index in [0.717, 1.165) is 22.6 Å². The fourth-order valence-corrected chi connectivity index (χ4v) is 3.41. The van der Waals surface area contributed by atoms with Crippen LogP contribution in [0.2, 0.25) is 0 Å². The van der Waals surface area contributed by atoms with Crippen molar-refractivity contribution in [3.8, 4) is 11.5 Å². The minimum Gasteiger partial charge on any atom is -0.478 e. The Labute approximate surface area is 137 Å². The second kappa shape index (κ2) is 5.52. The molecule has 2 aromatic carbocycles. The molecule has 2 N–H and O–H groups in total. The van der Waals surface area contributed by atoms with Crippen LogP contribution in [0.1, 0.15) is 27.0 Å². The predicted molar refractivity (Wildman–Crippen MR) is 90.6 cm³/mol. The number of aromatic carboxylic acids is 1. The first-order valence-electron chi connectivity index (χ1n) is 7.18. The van der Waals surface area contributed by atoms with Crippen LogP contribution in [0.5, 0.6) is 11.5 Å². The first-order valence-corrected chi connectivity index (χ1v) is 8.06. The molecule has 0 saturated carbocycles. The van der Waals surface area contributed by atoms with Crippen molar-refractivity contribution in [1.29, 1.82) is 0 Å². The van der Waals surface area contributed by atoms with Gasteiger partial charge < -0.3 is 14.6 Å². The van der Waals surface area contributed by atoms with E-state index in [0.29, 0.717) is 23.3 Å². The Morgan fingerprint density at radius 2 is 2.04 bits per heavy atom. The molecule has 4 rings (SSSR count). The number of para-hydroxylation sites is 1. The molecule has 5 heteroatoms. The van der Waals surface area contributed by atoms with E-state index in [1.54, 1.807) is 6.07 Å². The molecule has 0 fully saturated rings. The normalized spacial score (nSPS) is 14.9. The second-order valence-corrected chi connectivity index (χ2v) is 6.00. The standard InChI is InChI=1S/C18H13NO3S/c20-18(21)17-12(14-5-3-9-23-19-14)7-8-16-13(17)10-11-4-1-2-6-15(11)22-16/h1-9,19H,10H2,(H,20,21). The topological polar surface area (TPSA) is 58.6 Å². The molecule has 0 atom stereocenters. The zero-order valence-electron chi connectivity index (χ0n) is 12.1. The molecule has 4 nitrogen and oxygen atoms in total. The average Bonchev–Trinajstić information content (AvgIpc) is 2.59. The van der Waals surface area contributed by atoms with E-state index in [4.69, 9.17) is 4.74 Å². The van der Waals surface area contributed by atoms with Crippen molar-refractivity contribution in [3.63, 3.8) is 0 Å². The Bertz CT molecular complexity index is 871. The van der Waals surface area contributed by atoms with Crippen molar-refractivity contribution in [2.24, 2.45) is 0 Å². The summed E-state index contributed by atoms with van der Waals surface area (Å²) in [5, 5.41) is 11.7. The summed E-state index contributed by atoms with van der Waals surface area (Å²) in [5.74, 6) is 0.462. The van der Waals surface area contributed by atoms with Crippen LogP contribution in [0.25, 0.3) is 5.70 Å². The third kappa shape index (κ3) is 2.39. The number of rotatable bonds is 2. The van der Waals surface area contributed by atoms with Gasteiger partial charge >= 0.3 is 5.97 Å². The highest BCUT2D eigenvalue weighted by molar-refractivity contribution is 8.00. The Kier molecular flexibility index (Phi) is 3.35. The zero-order chi connectivity index (χ0) is 15.8. The van der Waals surface area contributed by atoms with Crippen molar-refractivity contribution in [1.82, 2.24) is 4.72 Å². The maximum atomic E-state index is 11.9. The van der Waals surface area contributed by atoms with Crippen LogP contribution in [0.15, 0.2) is 54.0 Å². The maximum Gasteiger partial charge on any atom is 0.336 e. The van der Waals surface area contributed by atoms with Gasteiger partial charge in [-0.3, -0.25) is 0 Å². The van der Waals surface area contributed by atoms with Gasteiger partial charge in [0, 0.05) is 17.5 Å². The van der Waals surface area contributed by atoms with Crippen LogP contribution >= 0.6 is 11.9 Å². The first-order chi connectivity index (χ1) is 11.2. The molecule has 2 aliphatic heterocycles. The number of ether oxygens (including phenoxy) is 1. The molecule has 0 amide bonds. The van der Waals surface area contributed by atoms with E-state index >= 15 is 0 Å². The Hall–Kier alpha value is -2.66. The number of carboxylic acid groups (broad SMARTS) is 1. The summed E-state index contributed by atoms with van der Waals surface area (Å²) in [4.78, 5) is 11.9. The van der Waals surface area contributed by atoms with E-state index < -0.39 is 5.97 Å². The first kappa shape index (κ1) is 14.0. The lowest BCUT2D eigenvalue weighted by Crippen LogP contribution is -2.15. The number of fused-ring (bicyclic) bond motifs is 2. The van der Waals surface area contributed by atoms with Gasteiger partial charge in [-0.1, -0.05) is 24.3 Å². The summed E-state index contributed by atoms with van der Waals surface area (Å²) in [7, 11) is 0. The van der Waals surface area contributed by atoms with Crippen molar-refractivity contribution in [3.05, 3.63) is 76.2 Å². The fourth-order valence-electron chi connectivity index (χ4n) is 2.88. The van der Waals surface area contributed by atoms with Gasteiger partial charge in [0.2, 0.25) is 0 Å². The van der Waals surface area contributed by atoms with Crippen molar-refractivity contribution in [2.75, 3.05) is 0 Å². The third-order valence-corrected chi connectivity index (χ3v) is 4.54. The smallest absolute Gasteiger partial charge is 0.336 e. The molecule has 23 heavy (non-hydrogen) atoms. The molecule has 0 aliphatic carbocycles. The third-order valence-electron chi connectivity index (χ3n) is 3.91. The average molecular weight is 323 g/mol. The van der Waals surface area contributed by atoms with Crippen LogP contribution in [-0.2, 0) is 6.42 Å². The zero-order valence-corrected chi connectivity index (χ0v) is 12.9. The summed E-state index contributed by atoms with van der Waals surface area (Å²) in [6.07, 6.45) is 4.33. The number of hydrogen-bond donors (Lipinski definition) is 2. The van der Waals surface area contributed by atoms with Gasteiger partial charge in [-0.05, 0) is 47.2 Å². The number of allylic oxidation sites excluding steroid dienone is 2. The molecule has 0 aromatic heterocycles. The molecule has 0 spiro atoms. The summed E-state index contributed by atoms with van der Waals surface area (Å²) < 4.78 is 9.03. The second-order valence-electron chi connectivity index (χ2n) is 5.29. The highest BCUT2D eigenvalue weighted by Gasteiger charge is 2.26. The predicted octanol–water partition coefficient (Wildman–Crippen LogP) is 4.19. The van der Waals surface area contributed by atoms with Crippen LogP contribution in [0, 0.1) is 0 Å². The minimum absolute atomic E-state index is 0.298.